The SMILES string of the molecule is COc1cc(OC)nc(Oc2ccc3ccccc3c2C=O)n1. The zero-order valence-corrected chi connectivity index (χ0v) is 12.6. The van der Waals surface area contributed by atoms with E-state index in [-0.39, 0.29) is 6.01 Å². The molecule has 0 atom stereocenters. The molecule has 0 saturated carbocycles. The van der Waals surface area contributed by atoms with Crippen LogP contribution < -0.4 is 14.2 Å². The maximum Gasteiger partial charge on any atom is 0.328 e. The van der Waals surface area contributed by atoms with Gasteiger partial charge in [-0.3, -0.25) is 4.79 Å². The lowest BCUT2D eigenvalue weighted by Crippen LogP contribution is -1.99. The van der Waals surface area contributed by atoms with E-state index in [1.54, 1.807) is 6.07 Å². The highest BCUT2D eigenvalue weighted by atomic mass is 16.5. The van der Waals surface area contributed by atoms with Gasteiger partial charge in [0.25, 0.3) is 0 Å². The first-order valence-corrected chi connectivity index (χ1v) is 6.87. The molecule has 6 heteroatoms. The summed E-state index contributed by atoms with van der Waals surface area (Å²) in [4.78, 5) is 19.7. The molecule has 1 heterocycles. The number of hydrogen-bond donors (Lipinski definition) is 0. The molecule has 0 radical (unpaired) electrons. The highest BCUT2D eigenvalue weighted by molar-refractivity contribution is 6.00. The van der Waals surface area contributed by atoms with Gasteiger partial charge in [-0.15, -0.1) is 0 Å². The summed E-state index contributed by atoms with van der Waals surface area (Å²) >= 11 is 0. The minimum absolute atomic E-state index is 0.0413. The summed E-state index contributed by atoms with van der Waals surface area (Å²) in [6.45, 7) is 0. The first-order valence-electron chi connectivity index (χ1n) is 6.87. The van der Waals surface area contributed by atoms with Gasteiger partial charge in [0.05, 0.1) is 25.8 Å². The normalized spacial score (nSPS) is 10.3. The van der Waals surface area contributed by atoms with Crippen molar-refractivity contribution in [2.24, 2.45) is 0 Å². The molecule has 0 saturated heterocycles. The van der Waals surface area contributed by atoms with Crippen molar-refractivity contribution in [3.05, 3.63) is 48.0 Å². The molecule has 116 valence electrons. The highest BCUT2D eigenvalue weighted by Crippen LogP contribution is 2.30. The van der Waals surface area contributed by atoms with Crippen LogP contribution in [0.5, 0.6) is 23.5 Å². The zero-order chi connectivity index (χ0) is 16.2. The Hall–Kier alpha value is -3.15. The zero-order valence-electron chi connectivity index (χ0n) is 12.6. The molecule has 0 bridgehead atoms. The summed E-state index contributed by atoms with van der Waals surface area (Å²) in [5.74, 6) is 0.981. The molecular formula is C17H14N2O4. The van der Waals surface area contributed by atoms with Gasteiger partial charge in [0.1, 0.15) is 5.75 Å². The first kappa shape index (κ1) is 14.8. The van der Waals surface area contributed by atoms with Crippen molar-refractivity contribution in [1.82, 2.24) is 9.97 Å². The highest BCUT2D eigenvalue weighted by Gasteiger charge is 2.12. The van der Waals surface area contributed by atoms with Crippen LogP contribution in [0.25, 0.3) is 10.8 Å². The number of rotatable bonds is 5. The standard InChI is InChI=1S/C17H14N2O4/c1-21-15-9-16(22-2)19-17(18-15)23-14-8-7-11-5-3-4-6-12(11)13(14)10-20/h3-10H,1-2H3. The molecule has 0 amide bonds. The fourth-order valence-corrected chi connectivity index (χ4v) is 2.22. The molecule has 0 unspecified atom stereocenters. The molecule has 2 aromatic carbocycles. The molecule has 0 aliphatic rings. The molecule has 0 spiro atoms. The Balaban J connectivity index is 2.06. The number of hydrogen-bond acceptors (Lipinski definition) is 6. The summed E-state index contributed by atoms with van der Waals surface area (Å²) in [5.41, 5.74) is 0.438. The van der Waals surface area contributed by atoms with E-state index in [2.05, 4.69) is 9.97 Å². The number of nitrogens with zero attached hydrogens (tertiary/aromatic N) is 2. The Morgan fingerprint density at radius 1 is 0.957 bits per heavy atom. The second-order valence-electron chi connectivity index (χ2n) is 4.65. The van der Waals surface area contributed by atoms with Gasteiger partial charge in [0.15, 0.2) is 6.29 Å². The minimum Gasteiger partial charge on any atom is -0.481 e. The Bertz CT molecular complexity index is 842. The van der Waals surface area contributed by atoms with Crippen molar-refractivity contribution in [3.63, 3.8) is 0 Å². The van der Waals surface area contributed by atoms with E-state index in [1.807, 2.05) is 30.3 Å². The second kappa shape index (κ2) is 6.31. The van der Waals surface area contributed by atoms with Gasteiger partial charge in [0, 0.05) is 0 Å². The fraction of sp³-hybridized carbons (Fsp3) is 0.118. The van der Waals surface area contributed by atoms with Crippen LogP contribution in [0.3, 0.4) is 0 Å². The van der Waals surface area contributed by atoms with Gasteiger partial charge in [0.2, 0.25) is 11.8 Å². The second-order valence-corrected chi connectivity index (χ2v) is 4.65. The summed E-state index contributed by atoms with van der Waals surface area (Å²) in [7, 11) is 2.97. The van der Waals surface area contributed by atoms with Crippen molar-refractivity contribution in [2.75, 3.05) is 14.2 Å². The Kier molecular flexibility index (Phi) is 4.05. The third-order valence-corrected chi connectivity index (χ3v) is 3.33. The van der Waals surface area contributed by atoms with E-state index in [9.17, 15) is 4.79 Å². The van der Waals surface area contributed by atoms with Crippen LogP contribution in [0.15, 0.2) is 42.5 Å². The van der Waals surface area contributed by atoms with Crippen molar-refractivity contribution in [1.29, 1.82) is 0 Å². The molecule has 0 aliphatic heterocycles. The monoisotopic (exact) mass is 310 g/mol. The van der Waals surface area contributed by atoms with Gasteiger partial charge in [-0.1, -0.05) is 30.3 Å². The number of aromatic nitrogens is 2. The van der Waals surface area contributed by atoms with Crippen LogP contribution >= 0.6 is 0 Å². The Morgan fingerprint density at radius 3 is 2.30 bits per heavy atom. The average molecular weight is 310 g/mol. The quantitative estimate of drug-likeness (QED) is 0.674. The summed E-state index contributed by atoms with van der Waals surface area (Å²) in [6, 6.07) is 12.7. The largest absolute Gasteiger partial charge is 0.481 e. The number of carbonyl (C=O) groups is 1. The van der Waals surface area contributed by atoms with Crippen LogP contribution in [-0.4, -0.2) is 30.5 Å². The van der Waals surface area contributed by atoms with Crippen LogP contribution in [0.4, 0.5) is 0 Å². The van der Waals surface area contributed by atoms with Crippen molar-refractivity contribution in [3.8, 4) is 23.5 Å². The van der Waals surface area contributed by atoms with Gasteiger partial charge in [-0.25, -0.2) is 0 Å². The minimum atomic E-state index is 0.0413. The predicted molar refractivity (Wildman–Crippen MR) is 84.5 cm³/mol. The lowest BCUT2D eigenvalue weighted by atomic mass is 10.0. The van der Waals surface area contributed by atoms with E-state index < -0.39 is 0 Å². The maximum absolute atomic E-state index is 11.5. The third kappa shape index (κ3) is 2.91. The van der Waals surface area contributed by atoms with Gasteiger partial charge >= 0.3 is 6.01 Å². The van der Waals surface area contributed by atoms with Crippen LogP contribution in [0.2, 0.25) is 0 Å². The molecule has 1 aromatic heterocycles. The lowest BCUT2D eigenvalue weighted by molar-refractivity contribution is 0.112. The topological polar surface area (TPSA) is 70.5 Å². The van der Waals surface area contributed by atoms with Crippen molar-refractivity contribution < 1.29 is 19.0 Å². The molecule has 0 fully saturated rings. The van der Waals surface area contributed by atoms with Gasteiger partial charge < -0.3 is 14.2 Å². The number of benzene rings is 2. The number of carbonyl (C=O) groups excluding carboxylic acids is 1. The number of fused-ring (bicyclic) bond motifs is 1. The smallest absolute Gasteiger partial charge is 0.328 e. The molecule has 3 aromatic rings. The summed E-state index contributed by atoms with van der Waals surface area (Å²) < 4.78 is 15.8. The molecule has 0 N–H and O–H groups in total. The first-order chi connectivity index (χ1) is 11.2. The molecule has 23 heavy (non-hydrogen) atoms. The predicted octanol–water partition coefficient (Wildman–Crippen LogP) is 3.25. The van der Waals surface area contributed by atoms with E-state index >= 15 is 0 Å². The number of aldehydes is 1. The fourth-order valence-electron chi connectivity index (χ4n) is 2.22. The van der Waals surface area contributed by atoms with E-state index in [1.165, 1.54) is 20.3 Å². The van der Waals surface area contributed by atoms with Crippen LogP contribution in [0.1, 0.15) is 10.4 Å². The van der Waals surface area contributed by atoms with E-state index in [0.29, 0.717) is 23.1 Å². The average Bonchev–Trinajstić information content (AvgIpc) is 2.61. The van der Waals surface area contributed by atoms with Gasteiger partial charge in [-0.05, 0) is 16.8 Å². The van der Waals surface area contributed by atoms with E-state index in [0.717, 1.165) is 17.1 Å². The Labute approximate surface area is 132 Å². The number of ether oxygens (including phenoxy) is 3. The van der Waals surface area contributed by atoms with Gasteiger partial charge in [-0.2, -0.15) is 9.97 Å². The molecule has 0 aliphatic carbocycles. The lowest BCUT2D eigenvalue weighted by Gasteiger charge is -2.10. The summed E-state index contributed by atoms with van der Waals surface area (Å²) in [5, 5.41) is 1.75. The van der Waals surface area contributed by atoms with Crippen molar-refractivity contribution in [2.45, 2.75) is 0 Å². The Morgan fingerprint density at radius 2 is 1.65 bits per heavy atom. The third-order valence-electron chi connectivity index (χ3n) is 3.33. The maximum atomic E-state index is 11.5. The summed E-state index contributed by atoms with van der Waals surface area (Å²) in [6.07, 6.45) is 0.759. The number of methoxy groups -OCH3 is 2. The molecular weight excluding hydrogens is 296 g/mol. The molecule has 6 nitrogen and oxygen atoms in total. The van der Waals surface area contributed by atoms with Crippen molar-refractivity contribution >= 4 is 17.1 Å². The van der Waals surface area contributed by atoms with Crippen LogP contribution in [0, 0.1) is 0 Å². The van der Waals surface area contributed by atoms with E-state index in [4.69, 9.17) is 14.2 Å². The van der Waals surface area contributed by atoms with Crippen LogP contribution in [-0.2, 0) is 0 Å². The molecule has 3 rings (SSSR count).